The van der Waals surface area contributed by atoms with Crippen molar-refractivity contribution in [2.45, 2.75) is 17.7 Å². The molecule has 10 heteroatoms. The third-order valence-electron chi connectivity index (χ3n) is 4.78. The minimum Gasteiger partial charge on any atom is -0.296 e. The van der Waals surface area contributed by atoms with Crippen LogP contribution in [-0.2, 0) is 26.7 Å². The third kappa shape index (κ3) is 1.99. The highest BCUT2D eigenvalue weighted by Crippen LogP contribution is 2.40. The van der Waals surface area contributed by atoms with Gasteiger partial charge in [0.15, 0.2) is 0 Å². The average Bonchev–Trinajstić information content (AvgIpc) is 3.20. The second kappa shape index (κ2) is 4.84. The van der Waals surface area contributed by atoms with Crippen LogP contribution in [0.4, 0.5) is 0 Å². The zero-order valence-corrected chi connectivity index (χ0v) is 13.7. The van der Waals surface area contributed by atoms with Gasteiger partial charge in [-0.1, -0.05) is 11.3 Å². The van der Waals surface area contributed by atoms with E-state index in [4.69, 9.17) is 0 Å². The molecule has 1 spiro atoms. The molecule has 0 bridgehead atoms. The zero-order valence-electron chi connectivity index (χ0n) is 12.9. The largest absolute Gasteiger partial charge is 0.296 e. The molecular formula is C14H15N5O4S. The number of aryl methyl sites for hydroxylation is 1. The molecule has 1 unspecified atom stereocenters. The van der Waals surface area contributed by atoms with Gasteiger partial charge in [-0.2, -0.15) is 4.31 Å². The number of sulfonamides is 1. The predicted molar refractivity (Wildman–Crippen MR) is 82.1 cm³/mol. The number of imide groups is 1. The lowest BCUT2D eigenvalue weighted by Gasteiger charge is -2.20. The summed E-state index contributed by atoms with van der Waals surface area (Å²) >= 11 is 0. The summed E-state index contributed by atoms with van der Waals surface area (Å²) < 4.78 is 28.8. The van der Waals surface area contributed by atoms with Gasteiger partial charge < -0.3 is 0 Å². The molecule has 126 valence electrons. The molecule has 1 N–H and O–H groups in total. The van der Waals surface area contributed by atoms with E-state index in [-0.39, 0.29) is 36.2 Å². The van der Waals surface area contributed by atoms with Crippen molar-refractivity contribution in [1.82, 2.24) is 24.6 Å². The van der Waals surface area contributed by atoms with Gasteiger partial charge in [0, 0.05) is 26.6 Å². The summed E-state index contributed by atoms with van der Waals surface area (Å²) in [6.07, 6.45) is 0.368. The highest BCUT2D eigenvalue weighted by Gasteiger charge is 2.53. The van der Waals surface area contributed by atoms with Crippen LogP contribution < -0.4 is 5.32 Å². The number of amides is 2. The minimum atomic E-state index is -3.83. The molecule has 0 radical (unpaired) electrons. The SMILES string of the molecule is Cn1nnc2c(S(=O)(=O)N3CCC4(CC(=O)NC4=O)C3)cccc21. The maximum atomic E-state index is 13.0. The molecule has 2 saturated heterocycles. The van der Waals surface area contributed by atoms with E-state index < -0.39 is 15.4 Å². The summed E-state index contributed by atoms with van der Waals surface area (Å²) in [6, 6.07) is 4.86. The minimum absolute atomic E-state index is 0.00353. The molecule has 2 fully saturated rings. The van der Waals surface area contributed by atoms with E-state index in [0.717, 1.165) is 0 Å². The Bertz CT molecular complexity index is 982. The van der Waals surface area contributed by atoms with Crippen molar-refractivity contribution in [3.63, 3.8) is 0 Å². The number of nitrogens with zero attached hydrogens (tertiary/aromatic N) is 4. The van der Waals surface area contributed by atoms with E-state index in [1.807, 2.05) is 0 Å². The summed E-state index contributed by atoms with van der Waals surface area (Å²) in [5.74, 6) is -0.738. The first kappa shape index (κ1) is 15.2. The average molecular weight is 349 g/mol. The van der Waals surface area contributed by atoms with E-state index in [2.05, 4.69) is 15.6 Å². The van der Waals surface area contributed by atoms with Gasteiger partial charge in [-0.25, -0.2) is 13.1 Å². The second-order valence-electron chi connectivity index (χ2n) is 6.26. The Morgan fingerprint density at radius 1 is 1.29 bits per heavy atom. The van der Waals surface area contributed by atoms with Gasteiger partial charge in [0.2, 0.25) is 21.8 Å². The molecule has 1 atom stereocenters. The number of carbonyl (C=O) groups excluding carboxylic acids is 2. The van der Waals surface area contributed by atoms with Gasteiger partial charge in [-0.3, -0.25) is 14.9 Å². The van der Waals surface area contributed by atoms with E-state index >= 15 is 0 Å². The van der Waals surface area contributed by atoms with Gasteiger partial charge in [0.1, 0.15) is 10.4 Å². The molecule has 0 aliphatic carbocycles. The number of fused-ring (bicyclic) bond motifs is 1. The number of hydrogen-bond acceptors (Lipinski definition) is 6. The highest BCUT2D eigenvalue weighted by molar-refractivity contribution is 7.89. The van der Waals surface area contributed by atoms with Crippen LogP contribution in [0.2, 0.25) is 0 Å². The Morgan fingerprint density at radius 2 is 2.08 bits per heavy atom. The van der Waals surface area contributed by atoms with Crippen LogP contribution in [0.25, 0.3) is 11.0 Å². The topological polar surface area (TPSA) is 114 Å². The molecule has 2 aromatic rings. The Morgan fingerprint density at radius 3 is 2.79 bits per heavy atom. The fourth-order valence-corrected chi connectivity index (χ4v) is 5.11. The molecule has 1 aromatic carbocycles. The van der Waals surface area contributed by atoms with Crippen molar-refractivity contribution in [1.29, 1.82) is 0 Å². The van der Waals surface area contributed by atoms with E-state index in [0.29, 0.717) is 17.5 Å². The van der Waals surface area contributed by atoms with Crippen LogP contribution in [0.1, 0.15) is 12.8 Å². The first-order valence-corrected chi connectivity index (χ1v) is 8.90. The number of carbonyl (C=O) groups is 2. The quantitative estimate of drug-likeness (QED) is 0.724. The standard InChI is InChI=1S/C14H15N5O4S/c1-18-9-3-2-4-10(12(9)16-17-18)24(22,23)19-6-5-14(8-19)7-11(20)15-13(14)21/h2-4H,5-8H2,1H3,(H,15,20,21). The molecule has 4 rings (SSSR count). The summed E-state index contributed by atoms with van der Waals surface area (Å²) in [7, 11) is -2.14. The van der Waals surface area contributed by atoms with Gasteiger partial charge in [0.25, 0.3) is 0 Å². The normalized spacial score (nSPS) is 25.0. The van der Waals surface area contributed by atoms with E-state index in [1.165, 1.54) is 15.1 Å². The monoisotopic (exact) mass is 349 g/mol. The van der Waals surface area contributed by atoms with Crippen molar-refractivity contribution in [3.8, 4) is 0 Å². The summed E-state index contributed by atoms with van der Waals surface area (Å²) in [5.41, 5.74) is -0.0351. The van der Waals surface area contributed by atoms with Crippen molar-refractivity contribution < 1.29 is 18.0 Å². The number of rotatable bonds is 2. The first-order chi connectivity index (χ1) is 11.3. The Hall–Kier alpha value is -2.33. The van der Waals surface area contributed by atoms with Crippen LogP contribution in [0.5, 0.6) is 0 Å². The van der Waals surface area contributed by atoms with Crippen molar-refractivity contribution in [2.75, 3.05) is 13.1 Å². The molecule has 2 amide bonds. The number of benzene rings is 1. The van der Waals surface area contributed by atoms with Crippen LogP contribution in [0.15, 0.2) is 23.1 Å². The van der Waals surface area contributed by atoms with Gasteiger partial charge in [-0.05, 0) is 18.6 Å². The fraction of sp³-hybridized carbons (Fsp3) is 0.429. The lowest BCUT2D eigenvalue weighted by molar-refractivity contribution is -0.128. The Labute approximate surface area is 137 Å². The van der Waals surface area contributed by atoms with Crippen molar-refractivity contribution in [3.05, 3.63) is 18.2 Å². The molecule has 3 heterocycles. The molecule has 24 heavy (non-hydrogen) atoms. The summed E-state index contributed by atoms with van der Waals surface area (Å²) in [6.45, 7) is 0.198. The molecule has 1 aromatic heterocycles. The highest BCUT2D eigenvalue weighted by atomic mass is 32.2. The lowest BCUT2D eigenvalue weighted by atomic mass is 9.86. The molecule has 9 nitrogen and oxygen atoms in total. The Kier molecular flexibility index (Phi) is 3.06. The van der Waals surface area contributed by atoms with Crippen molar-refractivity contribution >= 4 is 32.9 Å². The lowest BCUT2D eigenvalue weighted by Crippen LogP contribution is -2.36. The smallest absolute Gasteiger partial charge is 0.245 e. The second-order valence-corrected chi connectivity index (χ2v) is 8.17. The predicted octanol–water partition coefficient (Wildman–Crippen LogP) is -0.604. The van der Waals surface area contributed by atoms with E-state index in [9.17, 15) is 18.0 Å². The third-order valence-corrected chi connectivity index (χ3v) is 6.65. The molecule has 2 aliphatic heterocycles. The van der Waals surface area contributed by atoms with Crippen LogP contribution >= 0.6 is 0 Å². The molecule has 0 saturated carbocycles. The summed E-state index contributed by atoms with van der Waals surface area (Å²) in [5, 5.41) is 10.1. The van der Waals surface area contributed by atoms with Crippen LogP contribution in [0.3, 0.4) is 0 Å². The Balaban J connectivity index is 1.74. The maximum absolute atomic E-state index is 13.0. The zero-order chi connectivity index (χ0) is 17.1. The number of aromatic nitrogens is 3. The molecular weight excluding hydrogens is 334 g/mol. The van der Waals surface area contributed by atoms with Crippen LogP contribution in [-0.4, -0.2) is 52.6 Å². The maximum Gasteiger partial charge on any atom is 0.245 e. The number of nitrogens with one attached hydrogen (secondary N) is 1. The number of hydrogen-bond donors (Lipinski definition) is 1. The van der Waals surface area contributed by atoms with Crippen LogP contribution in [0, 0.1) is 5.41 Å². The molecule has 2 aliphatic rings. The van der Waals surface area contributed by atoms with E-state index in [1.54, 1.807) is 19.2 Å². The van der Waals surface area contributed by atoms with Gasteiger partial charge in [-0.15, -0.1) is 5.10 Å². The van der Waals surface area contributed by atoms with Gasteiger partial charge >= 0.3 is 0 Å². The summed E-state index contributed by atoms with van der Waals surface area (Å²) in [4.78, 5) is 23.6. The van der Waals surface area contributed by atoms with Crippen molar-refractivity contribution in [2.24, 2.45) is 12.5 Å². The van der Waals surface area contributed by atoms with Gasteiger partial charge in [0.05, 0.1) is 10.9 Å². The fourth-order valence-electron chi connectivity index (χ4n) is 3.44. The first-order valence-electron chi connectivity index (χ1n) is 7.46.